The fourth-order valence-electron chi connectivity index (χ4n) is 2.71. The summed E-state index contributed by atoms with van der Waals surface area (Å²) in [6.07, 6.45) is 5.27. The van der Waals surface area contributed by atoms with Gasteiger partial charge in [0, 0.05) is 18.8 Å². The maximum absolute atomic E-state index is 12.1. The molecule has 0 aromatic carbocycles. The number of carbonyl (C=O) groups is 1. The van der Waals surface area contributed by atoms with E-state index in [-0.39, 0.29) is 11.7 Å². The number of nitrogens with one attached hydrogen (secondary N) is 1. The molecule has 1 aromatic rings. The molecule has 2 heterocycles. The third-order valence-electron chi connectivity index (χ3n) is 3.84. The highest BCUT2D eigenvalue weighted by Crippen LogP contribution is 2.17. The molecule has 20 heavy (non-hydrogen) atoms. The van der Waals surface area contributed by atoms with E-state index < -0.39 is 0 Å². The van der Waals surface area contributed by atoms with E-state index in [0.717, 1.165) is 13.1 Å². The largest absolute Gasteiger partial charge is 0.506 e. The molecule has 0 radical (unpaired) electrons. The van der Waals surface area contributed by atoms with Crippen LogP contribution in [0.1, 0.15) is 37.0 Å². The van der Waals surface area contributed by atoms with Crippen molar-refractivity contribution in [2.75, 3.05) is 19.6 Å². The molecular weight excluding hydrogens is 254 g/mol. The number of aromatic nitrogens is 1. The van der Waals surface area contributed by atoms with Gasteiger partial charge < -0.3 is 10.4 Å². The van der Waals surface area contributed by atoms with Crippen LogP contribution in [0.4, 0.5) is 0 Å². The Balaban J connectivity index is 1.93. The molecule has 0 saturated carbocycles. The molecule has 2 rings (SSSR count). The highest BCUT2D eigenvalue weighted by Gasteiger charge is 2.25. The minimum Gasteiger partial charge on any atom is -0.506 e. The van der Waals surface area contributed by atoms with E-state index in [1.54, 1.807) is 0 Å². The van der Waals surface area contributed by atoms with Crippen molar-refractivity contribution in [1.29, 1.82) is 0 Å². The van der Waals surface area contributed by atoms with Gasteiger partial charge in [0.1, 0.15) is 5.75 Å². The fourth-order valence-corrected chi connectivity index (χ4v) is 2.71. The Kier molecular flexibility index (Phi) is 4.95. The third-order valence-corrected chi connectivity index (χ3v) is 3.84. The van der Waals surface area contributed by atoms with Gasteiger partial charge in [-0.15, -0.1) is 0 Å². The predicted molar refractivity (Wildman–Crippen MR) is 77.7 cm³/mol. The lowest BCUT2D eigenvalue weighted by Gasteiger charge is -2.31. The first-order valence-electron chi connectivity index (χ1n) is 7.24. The van der Waals surface area contributed by atoms with Crippen molar-refractivity contribution in [3.8, 4) is 5.75 Å². The molecule has 0 bridgehead atoms. The van der Waals surface area contributed by atoms with Crippen molar-refractivity contribution in [1.82, 2.24) is 15.2 Å². The SMILES string of the molecule is CC(C)C(CNC(=O)c1cncc(O)c1)N1CCCC1. The molecule has 1 aliphatic heterocycles. The van der Waals surface area contributed by atoms with Gasteiger partial charge in [-0.3, -0.25) is 14.7 Å². The number of nitrogens with zero attached hydrogens (tertiary/aromatic N) is 2. The maximum atomic E-state index is 12.1. The Morgan fingerprint density at radius 1 is 1.40 bits per heavy atom. The fraction of sp³-hybridized carbons (Fsp3) is 0.600. The number of rotatable bonds is 5. The van der Waals surface area contributed by atoms with Gasteiger partial charge in [-0.2, -0.15) is 0 Å². The zero-order valence-corrected chi connectivity index (χ0v) is 12.2. The summed E-state index contributed by atoms with van der Waals surface area (Å²) in [4.78, 5) is 18.3. The number of pyridine rings is 1. The molecule has 0 aliphatic carbocycles. The smallest absolute Gasteiger partial charge is 0.253 e. The Hall–Kier alpha value is -1.62. The second kappa shape index (κ2) is 6.70. The first-order valence-corrected chi connectivity index (χ1v) is 7.24. The van der Waals surface area contributed by atoms with E-state index in [2.05, 4.69) is 29.0 Å². The number of aromatic hydroxyl groups is 1. The molecule has 2 N–H and O–H groups in total. The normalized spacial score (nSPS) is 17.4. The molecule has 1 saturated heterocycles. The highest BCUT2D eigenvalue weighted by molar-refractivity contribution is 5.94. The molecule has 110 valence electrons. The molecule has 1 fully saturated rings. The average Bonchev–Trinajstić information content (AvgIpc) is 2.92. The zero-order valence-electron chi connectivity index (χ0n) is 12.2. The van der Waals surface area contributed by atoms with Crippen LogP contribution >= 0.6 is 0 Å². The molecule has 1 aliphatic rings. The van der Waals surface area contributed by atoms with Gasteiger partial charge in [-0.1, -0.05) is 13.8 Å². The number of amides is 1. The molecular formula is C15H23N3O2. The van der Waals surface area contributed by atoms with Gasteiger partial charge in [0.2, 0.25) is 0 Å². The van der Waals surface area contributed by atoms with Crippen molar-refractivity contribution >= 4 is 5.91 Å². The average molecular weight is 277 g/mol. The molecule has 1 amide bonds. The lowest BCUT2D eigenvalue weighted by molar-refractivity contribution is 0.0926. The Bertz CT molecular complexity index is 456. The molecule has 1 aromatic heterocycles. The first-order chi connectivity index (χ1) is 9.58. The van der Waals surface area contributed by atoms with E-state index in [0.29, 0.717) is 24.1 Å². The van der Waals surface area contributed by atoms with Crippen molar-refractivity contribution in [2.45, 2.75) is 32.7 Å². The quantitative estimate of drug-likeness (QED) is 0.858. The summed E-state index contributed by atoms with van der Waals surface area (Å²) in [5, 5.41) is 12.3. The lowest BCUT2D eigenvalue weighted by Crippen LogP contribution is -2.45. The van der Waals surface area contributed by atoms with Gasteiger partial charge in [0.15, 0.2) is 0 Å². The number of hydrogen-bond acceptors (Lipinski definition) is 4. The summed E-state index contributed by atoms with van der Waals surface area (Å²) in [6.45, 7) is 7.24. The summed E-state index contributed by atoms with van der Waals surface area (Å²) in [5.74, 6) is 0.326. The van der Waals surface area contributed by atoms with E-state index in [1.807, 2.05) is 0 Å². The topological polar surface area (TPSA) is 65.5 Å². The summed E-state index contributed by atoms with van der Waals surface area (Å²) >= 11 is 0. The van der Waals surface area contributed by atoms with Gasteiger partial charge in [0.05, 0.1) is 11.8 Å². The third kappa shape index (κ3) is 3.70. The van der Waals surface area contributed by atoms with E-state index in [4.69, 9.17) is 0 Å². The Morgan fingerprint density at radius 3 is 2.70 bits per heavy atom. The Labute approximate surface area is 120 Å². The maximum Gasteiger partial charge on any atom is 0.253 e. The van der Waals surface area contributed by atoms with Gasteiger partial charge >= 0.3 is 0 Å². The van der Waals surface area contributed by atoms with Crippen molar-refractivity contribution in [3.63, 3.8) is 0 Å². The predicted octanol–water partition coefficient (Wildman–Crippen LogP) is 1.64. The minimum absolute atomic E-state index is 0.0117. The van der Waals surface area contributed by atoms with Gasteiger partial charge in [-0.25, -0.2) is 0 Å². The highest BCUT2D eigenvalue weighted by atomic mass is 16.3. The summed E-state index contributed by atoms with van der Waals surface area (Å²) in [7, 11) is 0. The van der Waals surface area contributed by atoms with E-state index in [1.165, 1.54) is 31.3 Å². The Morgan fingerprint density at radius 2 is 2.10 bits per heavy atom. The molecule has 1 unspecified atom stereocenters. The van der Waals surface area contributed by atoms with Crippen LogP contribution in [0.5, 0.6) is 5.75 Å². The summed E-state index contributed by atoms with van der Waals surface area (Å²) in [6, 6.07) is 1.80. The van der Waals surface area contributed by atoms with Crippen LogP contribution in [0.25, 0.3) is 0 Å². The first kappa shape index (κ1) is 14.8. The monoisotopic (exact) mass is 277 g/mol. The zero-order chi connectivity index (χ0) is 14.5. The molecule has 0 spiro atoms. The number of likely N-dealkylation sites (tertiary alicyclic amines) is 1. The summed E-state index contributed by atoms with van der Waals surface area (Å²) in [5.41, 5.74) is 0.397. The minimum atomic E-state index is -0.182. The van der Waals surface area contributed by atoms with E-state index in [9.17, 15) is 9.90 Å². The van der Waals surface area contributed by atoms with Crippen molar-refractivity contribution < 1.29 is 9.90 Å². The lowest BCUT2D eigenvalue weighted by atomic mass is 10.0. The second-order valence-electron chi connectivity index (χ2n) is 5.70. The van der Waals surface area contributed by atoms with Crippen LogP contribution < -0.4 is 5.32 Å². The van der Waals surface area contributed by atoms with Crippen molar-refractivity contribution in [3.05, 3.63) is 24.0 Å². The number of hydrogen-bond donors (Lipinski definition) is 2. The molecule has 5 heteroatoms. The van der Waals surface area contributed by atoms with Gasteiger partial charge in [-0.05, 0) is 37.9 Å². The van der Waals surface area contributed by atoms with Crippen LogP contribution in [0.15, 0.2) is 18.5 Å². The standard InChI is InChI=1S/C15H23N3O2/c1-11(2)14(18-5-3-4-6-18)10-17-15(20)12-7-13(19)9-16-8-12/h7-9,11,14,19H,3-6,10H2,1-2H3,(H,17,20). The second-order valence-corrected chi connectivity index (χ2v) is 5.70. The van der Waals surface area contributed by atoms with Crippen LogP contribution in [0, 0.1) is 5.92 Å². The van der Waals surface area contributed by atoms with Gasteiger partial charge in [0.25, 0.3) is 5.91 Å². The van der Waals surface area contributed by atoms with Crippen LogP contribution in [0.3, 0.4) is 0 Å². The van der Waals surface area contributed by atoms with Crippen LogP contribution in [0.2, 0.25) is 0 Å². The van der Waals surface area contributed by atoms with E-state index >= 15 is 0 Å². The number of carbonyl (C=O) groups excluding carboxylic acids is 1. The molecule has 1 atom stereocenters. The summed E-state index contributed by atoms with van der Waals surface area (Å²) < 4.78 is 0. The van der Waals surface area contributed by atoms with Crippen molar-refractivity contribution in [2.24, 2.45) is 5.92 Å². The molecule has 5 nitrogen and oxygen atoms in total. The van der Waals surface area contributed by atoms with Crippen LogP contribution in [-0.2, 0) is 0 Å². The van der Waals surface area contributed by atoms with Crippen LogP contribution in [-0.4, -0.2) is 46.6 Å².